The minimum absolute atomic E-state index is 0. The molecule has 0 heterocycles. The number of rotatable bonds is 0. The van der Waals surface area contributed by atoms with E-state index in [2.05, 4.69) is 0 Å². The van der Waals surface area contributed by atoms with Crippen molar-refractivity contribution in [2.24, 2.45) is 0 Å². The topological polar surface area (TPSA) is 28.5 Å². The van der Waals surface area contributed by atoms with E-state index in [1.54, 1.807) is 0 Å². The molecule has 1 nitrogen and oxygen atoms in total. The quantitative estimate of drug-likeness (QED) is 0.285. The van der Waals surface area contributed by atoms with Crippen molar-refractivity contribution in [1.29, 1.82) is 0 Å². The van der Waals surface area contributed by atoms with Gasteiger partial charge in [0.15, 0.2) is 0 Å². The Bertz CT molecular complexity index is 6.85. The van der Waals surface area contributed by atoms with Gasteiger partial charge in [-0.05, 0) is 0 Å². The van der Waals surface area contributed by atoms with E-state index in [0.29, 0.717) is 0 Å². The van der Waals surface area contributed by atoms with Gasteiger partial charge in [0, 0.05) is 0 Å². The Hall–Kier alpha value is 3.25. The monoisotopic (exact) mass is 121 g/mol. The number of hydrogen-bond acceptors (Lipinski definition) is 0. The second kappa shape index (κ2) is 26.8. The van der Waals surface area contributed by atoms with Gasteiger partial charge < -0.3 is 5.48 Å². The van der Waals surface area contributed by atoms with Crippen LogP contribution in [0.15, 0.2) is 0 Å². The second-order valence-electron chi connectivity index (χ2n) is 0. The molecule has 0 saturated heterocycles. The second-order valence-corrected chi connectivity index (χ2v) is 0. The van der Waals surface area contributed by atoms with Crippen LogP contribution in [-0.4, -0.2) is 0 Å². The Morgan fingerprint density at radius 1 is 0.600 bits per heavy atom. The molecule has 0 atom stereocenters. The van der Waals surface area contributed by atoms with Crippen molar-refractivity contribution in [3.63, 3.8) is 0 Å². The van der Waals surface area contributed by atoms with Gasteiger partial charge in [-0.25, -0.2) is 0 Å². The molecule has 0 aromatic rings. The maximum Gasteiger partial charge on any atom is 1.00 e. The number of halogens is 1. The molecule has 0 unspecified atom stereocenters. The van der Waals surface area contributed by atoms with Gasteiger partial charge in [0.05, 0.1) is 0 Å². The third kappa shape index (κ3) is 18.9. The summed E-state index contributed by atoms with van der Waals surface area (Å²) >= 11 is 0. The summed E-state index contributed by atoms with van der Waals surface area (Å²) in [5, 5.41) is 0. The first-order valence-corrected chi connectivity index (χ1v) is 0. The molecule has 0 fully saturated rings. The molecule has 0 aliphatic rings. The third-order valence-corrected chi connectivity index (χ3v) is 0. The van der Waals surface area contributed by atoms with Gasteiger partial charge in [0.25, 0.3) is 0 Å². The smallest absolute Gasteiger partial charge is 1.00 e. The molecule has 0 saturated carbocycles. The molecular weight excluding hydrogens is 120 g/mol. The molecular formula is HClNa3O+. The van der Waals surface area contributed by atoms with Crippen molar-refractivity contribution >= 4 is 12.4 Å². The molecule has 0 radical (unpaired) electrons. The molecule has 0 aliphatic heterocycles. The fourth-order valence-electron chi connectivity index (χ4n) is 0. The standard InChI is InChI=1S/ClH.3Na.O/h1H;;;;/q;3*+1;-2. The molecule has 5 heteroatoms. The van der Waals surface area contributed by atoms with Crippen LogP contribution in [-0.2, 0) is 5.48 Å². The summed E-state index contributed by atoms with van der Waals surface area (Å²) in [5.41, 5.74) is 0. The van der Waals surface area contributed by atoms with Crippen molar-refractivity contribution in [2.75, 3.05) is 0 Å². The average Bonchev–Trinajstić information content (AvgIpc) is 0. The molecule has 0 rings (SSSR count). The first-order chi connectivity index (χ1) is 0. The van der Waals surface area contributed by atoms with E-state index in [1.165, 1.54) is 0 Å². The van der Waals surface area contributed by atoms with Gasteiger partial charge in [-0.3, -0.25) is 0 Å². The first-order valence-electron chi connectivity index (χ1n) is 0. The predicted octanol–water partition coefficient (Wildman–Crippen LogP) is -8.69. The summed E-state index contributed by atoms with van der Waals surface area (Å²) in [6.45, 7) is 0. The maximum absolute atomic E-state index is 0. The van der Waals surface area contributed by atoms with Crippen LogP contribution in [0.4, 0.5) is 0 Å². The maximum atomic E-state index is 0. The van der Waals surface area contributed by atoms with E-state index in [-0.39, 0.29) is 107 Å². The minimum atomic E-state index is 0. The van der Waals surface area contributed by atoms with E-state index in [0.717, 1.165) is 0 Å². The zero-order valence-corrected chi connectivity index (χ0v) is 10.6. The molecule has 0 aromatic heterocycles. The summed E-state index contributed by atoms with van der Waals surface area (Å²) < 4.78 is 0. The molecule has 0 N–H and O–H groups in total. The van der Waals surface area contributed by atoms with Gasteiger partial charge >= 0.3 is 88.7 Å². The van der Waals surface area contributed by atoms with Crippen LogP contribution in [0.2, 0.25) is 0 Å². The van der Waals surface area contributed by atoms with Crippen LogP contribution in [0.25, 0.3) is 0 Å². The van der Waals surface area contributed by atoms with Crippen molar-refractivity contribution in [3.8, 4) is 0 Å². The summed E-state index contributed by atoms with van der Waals surface area (Å²) in [6.07, 6.45) is 0. The predicted molar refractivity (Wildman–Crippen MR) is 7.93 cm³/mol. The molecule has 0 bridgehead atoms. The molecule has 0 spiro atoms. The Morgan fingerprint density at radius 3 is 0.600 bits per heavy atom. The summed E-state index contributed by atoms with van der Waals surface area (Å²) in [7, 11) is 0. The van der Waals surface area contributed by atoms with Crippen LogP contribution in [0.3, 0.4) is 0 Å². The van der Waals surface area contributed by atoms with Crippen molar-refractivity contribution in [2.45, 2.75) is 0 Å². The van der Waals surface area contributed by atoms with E-state index in [1.807, 2.05) is 0 Å². The van der Waals surface area contributed by atoms with E-state index in [4.69, 9.17) is 0 Å². The zero-order chi connectivity index (χ0) is 0. The Labute approximate surface area is 104 Å². The van der Waals surface area contributed by atoms with Crippen molar-refractivity contribution < 1.29 is 94.1 Å². The van der Waals surface area contributed by atoms with Crippen LogP contribution in [0, 0.1) is 0 Å². The number of hydrogen-bond donors (Lipinski definition) is 0. The normalized spacial score (nSPS) is 0. The Balaban J connectivity index is 0. The first kappa shape index (κ1) is 41.1. The summed E-state index contributed by atoms with van der Waals surface area (Å²) in [4.78, 5) is 0. The van der Waals surface area contributed by atoms with Crippen LogP contribution >= 0.6 is 12.4 Å². The fraction of sp³-hybridized carbons (Fsp3) is 0. The van der Waals surface area contributed by atoms with Crippen LogP contribution in [0.5, 0.6) is 0 Å². The van der Waals surface area contributed by atoms with E-state index >= 15 is 0 Å². The van der Waals surface area contributed by atoms with E-state index < -0.39 is 0 Å². The van der Waals surface area contributed by atoms with Crippen molar-refractivity contribution in [1.82, 2.24) is 0 Å². The van der Waals surface area contributed by atoms with E-state index in [9.17, 15) is 0 Å². The molecule has 0 amide bonds. The fourth-order valence-corrected chi connectivity index (χ4v) is 0. The SMILES string of the molecule is Cl.[Na+].[Na+].[Na+].[O-2]. The molecule has 5 heavy (non-hydrogen) atoms. The third-order valence-electron chi connectivity index (χ3n) is 0. The molecule has 16 valence electrons. The molecule has 0 aromatic carbocycles. The summed E-state index contributed by atoms with van der Waals surface area (Å²) in [6, 6.07) is 0. The van der Waals surface area contributed by atoms with Gasteiger partial charge in [-0.15, -0.1) is 12.4 Å². The molecule has 0 aliphatic carbocycles. The van der Waals surface area contributed by atoms with Crippen LogP contribution in [0.1, 0.15) is 0 Å². The Morgan fingerprint density at radius 2 is 0.600 bits per heavy atom. The summed E-state index contributed by atoms with van der Waals surface area (Å²) in [5.74, 6) is 0. The van der Waals surface area contributed by atoms with Crippen molar-refractivity contribution in [3.05, 3.63) is 0 Å². The minimum Gasteiger partial charge on any atom is -2.00 e. The van der Waals surface area contributed by atoms with Gasteiger partial charge in [0.2, 0.25) is 0 Å². The largest absolute Gasteiger partial charge is 2.00 e. The van der Waals surface area contributed by atoms with Gasteiger partial charge in [-0.2, -0.15) is 0 Å². The Kier molecular flexibility index (Phi) is 220. The van der Waals surface area contributed by atoms with Gasteiger partial charge in [0.1, 0.15) is 0 Å². The average molecular weight is 121 g/mol. The van der Waals surface area contributed by atoms with Gasteiger partial charge in [-0.1, -0.05) is 0 Å². The zero-order valence-electron chi connectivity index (χ0n) is 3.82. The van der Waals surface area contributed by atoms with Crippen LogP contribution < -0.4 is 88.7 Å².